The molecule has 1 aliphatic rings. The normalized spacial score (nSPS) is 15.9. The zero-order valence-electron chi connectivity index (χ0n) is 17.1. The van der Waals surface area contributed by atoms with Crippen molar-refractivity contribution in [2.24, 2.45) is 5.73 Å². The van der Waals surface area contributed by atoms with Crippen LogP contribution in [0.1, 0.15) is 49.1 Å². The number of carbonyl (C=O) groups is 1. The largest absolute Gasteiger partial charge is 0.366 e. The smallest absolute Gasteiger partial charge is 0.248 e. The van der Waals surface area contributed by atoms with Crippen molar-refractivity contribution in [2.75, 3.05) is 20.1 Å². The second-order valence-corrected chi connectivity index (χ2v) is 7.93. The number of nitrogens with two attached hydrogens (primary N) is 1. The lowest BCUT2D eigenvalue weighted by molar-refractivity contribution is 0.100. The third kappa shape index (κ3) is 3.80. The maximum absolute atomic E-state index is 11.4. The van der Waals surface area contributed by atoms with Crippen molar-refractivity contribution in [3.63, 3.8) is 0 Å². The summed E-state index contributed by atoms with van der Waals surface area (Å²) in [6, 6.07) is 9.63. The average Bonchev–Trinajstić information content (AvgIpc) is 3.36. The van der Waals surface area contributed by atoms with Gasteiger partial charge in [0.15, 0.2) is 11.6 Å². The fourth-order valence-electron chi connectivity index (χ4n) is 3.80. The summed E-state index contributed by atoms with van der Waals surface area (Å²) in [5, 5.41) is 9.37. The first-order valence-electron chi connectivity index (χ1n) is 10.0. The van der Waals surface area contributed by atoms with Crippen molar-refractivity contribution in [3.8, 4) is 22.9 Å². The van der Waals surface area contributed by atoms with E-state index in [1.165, 1.54) is 0 Å². The van der Waals surface area contributed by atoms with Crippen LogP contribution in [0.3, 0.4) is 0 Å². The lowest BCUT2D eigenvalue weighted by Gasteiger charge is -2.29. The van der Waals surface area contributed by atoms with E-state index < -0.39 is 5.91 Å². The Kier molecular flexibility index (Phi) is 5.19. The van der Waals surface area contributed by atoms with Crippen LogP contribution in [0.4, 0.5) is 0 Å². The molecule has 152 valence electrons. The lowest BCUT2D eigenvalue weighted by atomic mass is 10.1. The van der Waals surface area contributed by atoms with Crippen LogP contribution < -0.4 is 5.73 Å². The van der Waals surface area contributed by atoms with Crippen LogP contribution in [0.5, 0.6) is 0 Å². The van der Waals surface area contributed by atoms with Crippen molar-refractivity contribution in [1.82, 2.24) is 29.4 Å². The van der Waals surface area contributed by atoms with Crippen molar-refractivity contribution in [3.05, 3.63) is 42.1 Å². The maximum Gasteiger partial charge on any atom is 0.248 e. The summed E-state index contributed by atoms with van der Waals surface area (Å²) in [5.41, 5.74) is 7.66. The van der Waals surface area contributed by atoms with Gasteiger partial charge in [-0.05, 0) is 65.0 Å². The molecule has 4 rings (SSSR count). The summed E-state index contributed by atoms with van der Waals surface area (Å²) in [6.07, 6.45) is 3.87. The maximum atomic E-state index is 11.4. The molecule has 1 aromatic carbocycles. The van der Waals surface area contributed by atoms with Gasteiger partial charge in [0.1, 0.15) is 5.69 Å². The molecule has 29 heavy (non-hydrogen) atoms. The second-order valence-electron chi connectivity index (χ2n) is 7.93. The molecule has 1 fully saturated rings. The topological polar surface area (TPSA) is 94.9 Å². The van der Waals surface area contributed by atoms with Gasteiger partial charge in [0, 0.05) is 23.4 Å². The molecule has 0 aliphatic carbocycles. The molecule has 1 saturated heterocycles. The van der Waals surface area contributed by atoms with Crippen molar-refractivity contribution in [1.29, 1.82) is 0 Å². The number of hydrogen-bond acceptors (Lipinski definition) is 5. The summed E-state index contributed by atoms with van der Waals surface area (Å²) in [7, 11) is 2.15. The average molecular weight is 393 g/mol. The highest BCUT2D eigenvalue weighted by molar-refractivity contribution is 5.93. The van der Waals surface area contributed by atoms with E-state index in [2.05, 4.69) is 35.6 Å². The van der Waals surface area contributed by atoms with Crippen LogP contribution in [0.25, 0.3) is 22.9 Å². The fourth-order valence-corrected chi connectivity index (χ4v) is 3.80. The third-order valence-corrected chi connectivity index (χ3v) is 5.48. The van der Waals surface area contributed by atoms with E-state index in [1.807, 2.05) is 29.1 Å². The molecule has 0 atom stereocenters. The Morgan fingerprint density at radius 2 is 1.83 bits per heavy atom. The van der Waals surface area contributed by atoms with Gasteiger partial charge in [0.2, 0.25) is 5.91 Å². The van der Waals surface area contributed by atoms with Crippen molar-refractivity contribution < 1.29 is 4.79 Å². The minimum absolute atomic E-state index is 0.223. The lowest BCUT2D eigenvalue weighted by Crippen LogP contribution is -2.32. The van der Waals surface area contributed by atoms with Gasteiger partial charge in [-0.1, -0.05) is 12.1 Å². The molecule has 0 unspecified atom stereocenters. The van der Waals surface area contributed by atoms with Gasteiger partial charge in [-0.25, -0.2) is 9.67 Å². The van der Waals surface area contributed by atoms with Gasteiger partial charge >= 0.3 is 0 Å². The van der Waals surface area contributed by atoms with Gasteiger partial charge in [-0.15, -0.1) is 0 Å². The van der Waals surface area contributed by atoms with Gasteiger partial charge in [-0.2, -0.15) is 10.2 Å². The molecular formula is C21H27N7O. The van der Waals surface area contributed by atoms with Crippen LogP contribution in [0.15, 0.2) is 36.5 Å². The standard InChI is InChI=1S/C21H27N7O/c1-14(2)27-18(8-11-23-27)21-24-20(16-6-4-15(5-7-16)19(22)29)25-28(21)17-9-12-26(3)13-10-17/h4-8,11,14,17H,9-10,12-13H2,1-3H3,(H2,22,29). The van der Waals surface area contributed by atoms with E-state index >= 15 is 0 Å². The Bertz CT molecular complexity index is 994. The third-order valence-electron chi connectivity index (χ3n) is 5.48. The van der Waals surface area contributed by atoms with Gasteiger partial charge in [0.05, 0.1) is 6.04 Å². The molecule has 3 aromatic rings. The summed E-state index contributed by atoms with van der Waals surface area (Å²) in [5.74, 6) is 1.04. The molecule has 8 heteroatoms. The Balaban J connectivity index is 1.78. The number of benzene rings is 1. The number of likely N-dealkylation sites (tertiary alicyclic amines) is 1. The Morgan fingerprint density at radius 3 is 2.45 bits per heavy atom. The van der Waals surface area contributed by atoms with E-state index in [1.54, 1.807) is 12.1 Å². The minimum Gasteiger partial charge on any atom is -0.366 e. The highest BCUT2D eigenvalue weighted by atomic mass is 16.1. The predicted molar refractivity (Wildman–Crippen MR) is 111 cm³/mol. The number of hydrogen-bond donors (Lipinski definition) is 1. The molecule has 0 bridgehead atoms. The summed E-state index contributed by atoms with van der Waals surface area (Å²) in [4.78, 5) is 18.6. The Morgan fingerprint density at radius 1 is 1.14 bits per heavy atom. The number of rotatable bonds is 5. The predicted octanol–water partition coefficient (Wildman–Crippen LogP) is 2.76. The van der Waals surface area contributed by atoms with Crippen molar-refractivity contribution in [2.45, 2.75) is 38.8 Å². The van der Waals surface area contributed by atoms with Gasteiger partial charge in [-0.3, -0.25) is 9.48 Å². The van der Waals surface area contributed by atoms with Crippen LogP contribution in [-0.2, 0) is 0 Å². The number of nitrogens with zero attached hydrogens (tertiary/aromatic N) is 6. The molecule has 0 spiro atoms. The zero-order chi connectivity index (χ0) is 20.5. The Labute approximate surface area is 170 Å². The number of carbonyl (C=O) groups excluding carboxylic acids is 1. The molecular weight excluding hydrogens is 366 g/mol. The van der Waals surface area contributed by atoms with E-state index in [0.29, 0.717) is 17.4 Å². The molecule has 2 aromatic heterocycles. The summed E-state index contributed by atoms with van der Waals surface area (Å²) < 4.78 is 4.05. The molecule has 0 radical (unpaired) electrons. The first-order valence-corrected chi connectivity index (χ1v) is 10.0. The highest BCUT2D eigenvalue weighted by Crippen LogP contribution is 2.30. The van der Waals surface area contributed by atoms with E-state index in [4.69, 9.17) is 15.8 Å². The van der Waals surface area contributed by atoms with Crippen LogP contribution in [0.2, 0.25) is 0 Å². The molecule has 1 amide bonds. The molecule has 3 heterocycles. The SMILES string of the molecule is CC(C)n1nccc1-c1nc(-c2ccc(C(N)=O)cc2)nn1C1CCN(C)CC1. The van der Waals surface area contributed by atoms with E-state index in [-0.39, 0.29) is 6.04 Å². The van der Waals surface area contributed by atoms with Gasteiger partial charge < -0.3 is 10.6 Å². The van der Waals surface area contributed by atoms with Crippen LogP contribution in [-0.4, -0.2) is 55.5 Å². The molecule has 1 aliphatic heterocycles. The monoisotopic (exact) mass is 393 g/mol. The second kappa shape index (κ2) is 7.79. The molecule has 2 N–H and O–H groups in total. The number of primary amides is 1. The zero-order valence-corrected chi connectivity index (χ0v) is 17.1. The van der Waals surface area contributed by atoms with Crippen LogP contribution >= 0.6 is 0 Å². The van der Waals surface area contributed by atoms with Crippen molar-refractivity contribution >= 4 is 5.91 Å². The molecule has 0 saturated carbocycles. The minimum atomic E-state index is -0.442. The van der Waals surface area contributed by atoms with E-state index in [0.717, 1.165) is 43.0 Å². The summed E-state index contributed by atoms with van der Waals surface area (Å²) >= 11 is 0. The fraction of sp³-hybridized carbons (Fsp3) is 0.429. The number of piperidine rings is 1. The van der Waals surface area contributed by atoms with Crippen LogP contribution in [0, 0.1) is 0 Å². The first-order chi connectivity index (χ1) is 13.9. The summed E-state index contributed by atoms with van der Waals surface area (Å²) in [6.45, 7) is 6.29. The first kappa shape index (κ1) is 19.3. The highest BCUT2D eigenvalue weighted by Gasteiger charge is 2.26. The number of amides is 1. The van der Waals surface area contributed by atoms with Gasteiger partial charge in [0.25, 0.3) is 0 Å². The quantitative estimate of drug-likeness (QED) is 0.719. The number of aromatic nitrogens is 5. The molecule has 8 nitrogen and oxygen atoms in total. The Hall–Kier alpha value is -3.00. The van der Waals surface area contributed by atoms with E-state index in [9.17, 15) is 4.79 Å².